The van der Waals surface area contributed by atoms with Crippen molar-refractivity contribution in [3.63, 3.8) is 0 Å². The van der Waals surface area contributed by atoms with Gasteiger partial charge in [-0.1, -0.05) is 89.1 Å². The van der Waals surface area contributed by atoms with E-state index in [4.69, 9.17) is 9.47 Å². The van der Waals surface area contributed by atoms with E-state index in [2.05, 4.69) is 26.8 Å². The van der Waals surface area contributed by atoms with Gasteiger partial charge < -0.3 is 9.47 Å². The van der Waals surface area contributed by atoms with Gasteiger partial charge in [0.1, 0.15) is 11.9 Å². The van der Waals surface area contributed by atoms with Crippen LogP contribution in [0.5, 0.6) is 5.75 Å². The number of unbranched alkanes of at least 4 members (excludes halogenated alkanes) is 5. The van der Waals surface area contributed by atoms with Gasteiger partial charge in [-0.15, -0.1) is 0 Å². The summed E-state index contributed by atoms with van der Waals surface area (Å²) in [5.41, 5.74) is 2.43. The second-order valence-corrected chi connectivity index (χ2v) is 14.0. The van der Waals surface area contributed by atoms with E-state index in [9.17, 15) is 4.79 Å². The van der Waals surface area contributed by atoms with E-state index in [0.717, 1.165) is 42.9 Å². The van der Waals surface area contributed by atoms with Crippen molar-refractivity contribution in [2.45, 2.75) is 136 Å². The quantitative estimate of drug-likeness (QED) is 0.161. The molecule has 1 aromatic carbocycles. The summed E-state index contributed by atoms with van der Waals surface area (Å²) < 4.78 is 11.8. The number of hydrogen-bond acceptors (Lipinski definition) is 3. The average Bonchev–Trinajstić information content (AvgIpc) is 3.27. The maximum atomic E-state index is 12.8. The fourth-order valence-corrected chi connectivity index (χ4v) is 9.49. The number of fused-ring (bicyclic) bond motifs is 5. The highest BCUT2D eigenvalue weighted by molar-refractivity contribution is 5.74. The minimum atomic E-state index is -0.590. The minimum absolute atomic E-state index is 0.0164. The highest BCUT2D eigenvalue weighted by Crippen LogP contribution is 2.66. The lowest BCUT2D eigenvalue weighted by Crippen LogP contribution is -2.50. The van der Waals surface area contributed by atoms with Crippen LogP contribution in [0.25, 0.3) is 0 Å². The number of esters is 1. The van der Waals surface area contributed by atoms with Crippen LogP contribution in [0.1, 0.15) is 124 Å². The highest BCUT2D eigenvalue weighted by atomic mass is 16.6. The van der Waals surface area contributed by atoms with Gasteiger partial charge in [0, 0.05) is 6.42 Å². The Hall–Kier alpha value is -1.77. The molecule has 0 saturated heterocycles. The first kappa shape index (κ1) is 28.7. The lowest BCUT2D eigenvalue weighted by molar-refractivity contribution is -0.159. The van der Waals surface area contributed by atoms with Crippen molar-refractivity contribution < 1.29 is 14.3 Å². The molecule has 0 spiro atoms. The normalized spacial score (nSPS) is 36.2. The summed E-state index contributed by atoms with van der Waals surface area (Å²) in [6.07, 6.45) is 22.0. The summed E-state index contributed by atoms with van der Waals surface area (Å²) in [6.45, 7) is 9.34. The molecule has 1 aromatic rings. The predicted molar refractivity (Wildman–Crippen MR) is 160 cm³/mol. The molecule has 0 bridgehead atoms. The van der Waals surface area contributed by atoms with Crippen molar-refractivity contribution >= 4 is 5.97 Å². The first-order chi connectivity index (χ1) is 18.8. The molecule has 39 heavy (non-hydrogen) atoms. The lowest BCUT2D eigenvalue weighted by atomic mass is 9.47. The molecule has 5 rings (SSSR count). The van der Waals surface area contributed by atoms with Crippen LogP contribution >= 0.6 is 0 Å². The number of carbonyl (C=O) groups excluding carboxylic acids is 1. The van der Waals surface area contributed by atoms with Gasteiger partial charge in [0.05, 0.1) is 0 Å². The number of allylic oxidation sites excluding steroid dienone is 1. The average molecular weight is 535 g/mol. The van der Waals surface area contributed by atoms with Crippen LogP contribution in [0.4, 0.5) is 0 Å². The fourth-order valence-electron chi connectivity index (χ4n) is 9.49. The summed E-state index contributed by atoms with van der Waals surface area (Å²) in [5.74, 6) is 3.98. The monoisotopic (exact) mass is 534 g/mol. The topological polar surface area (TPSA) is 35.5 Å². The molecule has 3 saturated carbocycles. The van der Waals surface area contributed by atoms with E-state index in [1.54, 1.807) is 12.5 Å². The third-order valence-corrected chi connectivity index (χ3v) is 11.8. The van der Waals surface area contributed by atoms with E-state index < -0.39 is 6.10 Å². The molecule has 0 amide bonds. The maximum absolute atomic E-state index is 12.8. The molecule has 0 aliphatic heterocycles. The Morgan fingerprint density at radius 3 is 2.51 bits per heavy atom. The molecule has 0 heterocycles. The van der Waals surface area contributed by atoms with Crippen molar-refractivity contribution in [1.82, 2.24) is 0 Å². The molecule has 3 heteroatoms. The Bertz CT molecular complexity index is 984. The number of ether oxygens (including phenoxy) is 2. The Balaban J connectivity index is 1.16. The second kappa shape index (κ2) is 12.4. The molecule has 216 valence electrons. The van der Waals surface area contributed by atoms with Crippen LogP contribution in [-0.2, 0) is 9.53 Å². The summed E-state index contributed by atoms with van der Waals surface area (Å²) in [7, 11) is 0. The van der Waals surface area contributed by atoms with Crippen LogP contribution in [0.3, 0.4) is 0 Å². The predicted octanol–water partition coefficient (Wildman–Crippen LogP) is 9.70. The zero-order valence-corrected chi connectivity index (χ0v) is 25.3. The van der Waals surface area contributed by atoms with E-state index in [1.807, 2.05) is 30.3 Å². The van der Waals surface area contributed by atoms with Gasteiger partial charge in [0.25, 0.3) is 0 Å². The molecule has 0 N–H and O–H groups in total. The largest absolute Gasteiger partial charge is 0.479 e. The molecule has 0 unspecified atom stereocenters. The van der Waals surface area contributed by atoms with Gasteiger partial charge in [0.2, 0.25) is 0 Å². The summed E-state index contributed by atoms with van der Waals surface area (Å²) in [6, 6.07) is 9.57. The standard InChI is InChI=1S/C36H54O3/c1-5-6-7-8-9-11-14-27-18-20-32-31-19-17-28-25-30(21-23-36(28,4)33(31)22-24-35(27,32)3)39-34(37)26(2)38-29-15-12-10-13-16-29/h10,12-13,15-17,26-27,30-33H,5-9,11,14,18-25H2,1-4H3/t26-,27+,30+,31+,32+,33+,35-,36+/m1/s1. The fraction of sp³-hybridized carbons (Fsp3) is 0.750. The molecule has 0 aromatic heterocycles. The lowest BCUT2D eigenvalue weighted by Gasteiger charge is -2.58. The second-order valence-electron chi connectivity index (χ2n) is 14.0. The number of carbonyl (C=O) groups is 1. The van der Waals surface area contributed by atoms with Crippen LogP contribution < -0.4 is 4.74 Å². The van der Waals surface area contributed by atoms with E-state index >= 15 is 0 Å². The molecule has 4 aliphatic carbocycles. The third kappa shape index (κ3) is 5.98. The van der Waals surface area contributed by atoms with Gasteiger partial charge in [-0.25, -0.2) is 4.79 Å². The number of hydrogen-bond donors (Lipinski definition) is 0. The highest BCUT2D eigenvalue weighted by Gasteiger charge is 2.58. The molecule has 8 atom stereocenters. The first-order valence-corrected chi connectivity index (χ1v) is 16.5. The number of rotatable bonds is 11. The summed E-state index contributed by atoms with van der Waals surface area (Å²) in [4.78, 5) is 12.8. The smallest absolute Gasteiger partial charge is 0.347 e. The van der Waals surface area contributed by atoms with Crippen molar-refractivity contribution in [3.05, 3.63) is 42.0 Å². The van der Waals surface area contributed by atoms with Gasteiger partial charge in [-0.3, -0.25) is 0 Å². The SMILES string of the molecule is CCCCCCCC[C@H]1CC[C@H]2[C@@H]3CC=C4C[C@@H](OC(=O)[C@@H](C)Oc5ccccc5)CC[C@]4(C)[C@H]3CC[C@]12C. The zero-order valence-electron chi connectivity index (χ0n) is 25.3. The number of para-hydroxylation sites is 1. The maximum Gasteiger partial charge on any atom is 0.347 e. The van der Waals surface area contributed by atoms with Gasteiger partial charge >= 0.3 is 5.97 Å². The van der Waals surface area contributed by atoms with Crippen molar-refractivity contribution in [1.29, 1.82) is 0 Å². The molecule has 4 aliphatic rings. The Morgan fingerprint density at radius 1 is 0.949 bits per heavy atom. The van der Waals surface area contributed by atoms with Crippen LogP contribution in [0, 0.1) is 34.5 Å². The molecule has 3 nitrogen and oxygen atoms in total. The number of benzene rings is 1. The Labute approximate surface area is 238 Å². The molecular weight excluding hydrogens is 480 g/mol. The summed E-state index contributed by atoms with van der Waals surface area (Å²) in [5, 5.41) is 0. The van der Waals surface area contributed by atoms with Crippen LogP contribution in [-0.4, -0.2) is 18.2 Å². The van der Waals surface area contributed by atoms with Gasteiger partial charge in [-0.05, 0) is 105 Å². The van der Waals surface area contributed by atoms with Gasteiger partial charge in [-0.2, -0.15) is 0 Å². The first-order valence-electron chi connectivity index (χ1n) is 16.5. The summed E-state index contributed by atoms with van der Waals surface area (Å²) >= 11 is 0. The Kier molecular flexibility index (Phi) is 9.14. The zero-order chi connectivity index (χ0) is 27.5. The van der Waals surface area contributed by atoms with E-state index in [-0.39, 0.29) is 17.5 Å². The van der Waals surface area contributed by atoms with Crippen molar-refractivity contribution in [3.8, 4) is 5.75 Å². The minimum Gasteiger partial charge on any atom is -0.479 e. The molecule has 3 fully saturated rings. The van der Waals surface area contributed by atoms with Gasteiger partial charge in [0.15, 0.2) is 6.10 Å². The third-order valence-electron chi connectivity index (χ3n) is 11.8. The van der Waals surface area contributed by atoms with E-state index in [1.165, 1.54) is 77.0 Å². The van der Waals surface area contributed by atoms with Crippen LogP contribution in [0.2, 0.25) is 0 Å². The molecule has 0 radical (unpaired) electrons. The Morgan fingerprint density at radius 2 is 1.72 bits per heavy atom. The molecular formula is C36H54O3. The van der Waals surface area contributed by atoms with Crippen molar-refractivity contribution in [2.75, 3.05) is 0 Å². The van der Waals surface area contributed by atoms with E-state index in [0.29, 0.717) is 11.2 Å². The van der Waals surface area contributed by atoms with Crippen LogP contribution in [0.15, 0.2) is 42.0 Å². The van der Waals surface area contributed by atoms with Crippen molar-refractivity contribution in [2.24, 2.45) is 34.5 Å².